The second kappa shape index (κ2) is 9.31. The Balaban J connectivity index is 1.80. The molecule has 0 saturated heterocycles. The molecule has 0 aliphatic heterocycles. The first-order chi connectivity index (χ1) is 17.5. The van der Waals surface area contributed by atoms with Gasteiger partial charge >= 0.3 is 0 Å². The van der Waals surface area contributed by atoms with Crippen molar-refractivity contribution in [3.8, 4) is 45.3 Å². The molecule has 1 aliphatic rings. The van der Waals surface area contributed by atoms with Gasteiger partial charge in [0.25, 0.3) is 0 Å². The zero-order valence-corrected chi connectivity index (χ0v) is 20.0. The SMILES string of the molecule is CC/C=C\C=C/CC1(c2ccccc2)c2ccccc2-c2ccc(-c3c(O)c(O)cc(O)c3O)cc21. The fraction of sp³-hybridized carbons (Fsp3) is 0.125. The van der Waals surface area contributed by atoms with Gasteiger partial charge in [-0.2, -0.15) is 0 Å². The molecule has 0 fully saturated rings. The fourth-order valence-electron chi connectivity index (χ4n) is 5.34. The summed E-state index contributed by atoms with van der Waals surface area (Å²) in [4.78, 5) is 0. The van der Waals surface area contributed by atoms with Crippen molar-refractivity contribution in [3.63, 3.8) is 0 Å². The minimum atomic E-state index is -0.510. The molecule has 0 aromatic heterocycles. The molecule has 0 saturated carbocycles. The van der Waals surface area contributed by atoms with Crippen molar-refractivity contribution in [1.82, 2.24) is 0 Å². The summed E-state index contributed by atoms with van der Waals surface area (Å²) in [6.45, 7) is 2.10. The number of hydrogen-bond donors (Lipinski definition) is 4. The highest BCUT2D eigenvalue weighted by Crippen LogP contribution is 2.56. The number of fused-ring (bicyclic) bond motifs is 3. The van der Waals surface area contributed by atoms with E-state index >= 15 is 0 Å². The quantitative estimate of drug-likeness (QED) is 0.133. The van der Waals surface area contributed by atoms with Crippen LogP contribution in [0.2, 0.25) is 0 Å². The van der Waals surface area contributed by atoms with Crippen LogP contribution in [-0.2, 0) is 5.41 Å². The highest BCUT2D eigenvalue weighted by atomic mass is 16.3. The lowest BCUT2D eigenvalue weighted by Crippen LogP contribution is -2.26. The maximum absolute atomic E-state index is 10.6. The molecule has 4 nitrogen and oxygen atoms in total. The molecule has 1 atom stereocenters. The Morgan fingerprint density at radius 2 is 1.31 bits per heavy atom. The minimum Gasteiger partial charge on any atom is -0.504 e. The van der Waals surface area contributed by atoms with Gasteiger partial charge in [-0.05, 0) is 52.3 Å². The first-order valence-electron chi connectivity index (χ1n) is 12.1. The molecule has 36 heavy (non-hydrogen) atoms. The van der Waals surface area contributed by atoms with Gasteiger partial charge in [0.05, 0.1) is 5.56 Å². The second-order valence-electron chi connectivity index (χ2n) is 9.03. The van der Waals surface area contributed by atoms with Crippen LogP contribution in [0.3, 0.4) is 0 Å². The van der Waals surface area contributed by atoms with Gasteiger partial charge in [0.1, 0.15) is 0 Å². The summed E-state index contributed by atoms with van der Waals surface area (Å²) in [7, 11) is 0. The molecule has 0 radical (unpaired) electrons. The van der Waals surface area contributed by atoms with Crippen molar-refractivity contribution < 1.29 is 20.4 Å². The van der Waals surface area contributed by atoms with E-state index in [0.717, 1.165) is 34.7 Å². The van der Waals surface area contributed by atoms with Gasteiger partial charge in [0.15, 0.2) is 23.0 Å². The Bertz CT molecular complexity index is 1460. The zero-order chi connectivity index (χ0) is 25.3. The third-order valence-electron chi connectivity index (χ3n) is 6.99. The third-order valence-corrected chi connectivity index (χ3v) is 6.99. The molecule has 0 bridgehead atoms. The van der Waals surface area contributed by atoms with Crippen LogP contribution < -0.4 is 0 Å². The highest BCUT2D eigenvalue weighted by Gasteiger charge is 2.44. The van der Waals surface area contributed by atoms with Crippen molar-refractivity contribution in [3.05, 3.63) is 120 Å². The Morgan fingerprint density at radius 3 is 2.03 bits per heavy atom. The third kappa shape index (κ3) is 3.62. The summed E-state index contributed by atoms with van der Waals surface area (Å²) in [6.07, 6.45) is 10.1. The van der Waals surface area contributed by atoms with Gasteiger partial charge in [0, 0.05) is 11.5 Å². The fourth-order valence-corrected chi connectivity index (χ4v) is 5.34. The van der Waals surface area contributed by atoms with E-state index in [1.165, 1.54) is 5.56 Å². The summed E-state index contributed by atoms with van der Waals surface area (Å²) in [6, 6.07) is 25.3. The highest BCUT2D eigenvalue weighted by molar-refractivity contribution is 5.89. The van der Waals surface area contributed by atoms with Crippen molar-refractivity contribution in [2.75, 3.05) is 0 Å². The topological polar surface area (TPSA) is 80.9 Å². The number of aromatic hydroxyl groups is 4. The zero-order valence-electron chi connectivity index (χ0n) is 20.0. The van der Waals surface area contributed by atoms with Crippen LogP contribution in [-0.4, -0.2) is 20.4 Å². The molecular weight excluding hydrogens is 448 g/mol. The molecule has 0 amide bonds. The number of phenolic OH excluding ortho intramolecular Hbond substituents is 4. The normalized spacial score (nSPS) is 16.5. The largest absolute Gasteiger partial charge is 0.504 e. The summed E-state index contributed by atoms with van der Waals surface area (Å²) < 4.78 is 0. The van der Waals surface area contributed by atoms with Gasteiger partial charge in [-0.3, -0.25) is 0 Å². The molecule has 1 aliphatic carbocycles. The van der Waals surface area contributed by atoms with Crippen LogP contribution in [0, 0.1) is 0 Å². The van der Waals surface area contributed by atoms with Crippen LogP contribution in [0.5, 0.6) is 23.0 Å². The Morgan fingerprint density at radius 1 is 0.667 bits per heavy atom. The lowest BCUT2D eigenvalue weighted by Gasteiger charge is -2.32. The predicted molar refractivity (Wildman–Crippen MR) is 143 cm³/mol. The molecule has 0 heterocycles. The van der Waals surface area contributed by atoms with E-state index in [2.05, 4.69) is 61.6 Å². The van der Waals surface area contributed by atoms with E-state index in [1.54, 1.807) is 6.07 Å². The second-order valence-corrected chi connectivity index (χ2v) is 9.03. The lowest BCUT2D eigenvalue weighted by molar-refractivity contribution is 0.375. The van der Waals surface area contributed by atoms with Crippen LogP contribution in [0.1, 0.15) is 36.5 Å². The van der Waals surface area contributed by atoms with E-state index in [1.807, 2.05) is 36.4 Å². The molecule has 1 unspecified atom stereocenters. The maximum atomic E-state index is 10.6. The summed E-state index contributed by atoms with van der Waals surface area (Å²) >= 11 is 0. The molecule has 180 valence electrons. The molecule has 4 aromatic carbocycles. The maximum Gasteiger partial charge on any atom is 0.169 e. The minimum absolute atomic E-state index is 0.00496. The lowest BCUT2D eigenvalue weighted by atomic mass is 9.69. The number of allylic oxidation sites excluding steroid dienone is 4. The Labute approximate surface area is 210 Å². The van der Waals surface area contributed by atoms with Crippen LogP contribution in [0.4, 0.5) is 0 Å². The number of hydrogen-bond acceptors (Lipinski definition) is 4. The Kier molecular flexibility index (Phi) is 6.03. The van der Waals surface area contributed by atoms with Crippen LogP contribution in [0.25, 0.3) is 22.3 Å². The number of rotatable bonds is 6. The standard InChI is InChI=1S/C32H28O4/c1-2-3-4-5-11-18-32(22-12-7-6-8-13-22)25-15-10-9-14-23(25)24-17-16-21(19-26(24)32)29-30(35)27(33)20-28(34)31(29)36/h3-17,19-20,33-36H,2,18H2,1H3/b4-3-,11-5-. The van der Waals surface area contributed by atoms with Gasteiger partial charge in [-0.15, -0.1) is 0 Å². The monoisotopic (exact) mass is 476 g/mol. The van der Waals surface area contributed by atoms with E-state index < -0.39 is 28.4 Å². The summed E-state index contributed by atoms with van der Waals surface area (Å²) in [5.74, 6) is -1.94. The first-order valence-corrected chi connectivity index (χ1v) is 12.1. The Hall–Kier alpha value is -4.44. The van der Waals surface area contributed by atoms with Crippen molar-refractivity contribution in [1.29, 1.82) is 0 Å². The van der Waals surface area contributed by atoms with Crippen LogP contribution in [0.15, 0.2) is 103 Å². The summed E-state index contributed by atoms with van der Waals surface area (Å²) in [5, 5.41) is 41.5. The molecule has 4 N–H and O–H groups in total. The molecule has 4 heteroatoms. The molecule has 4 aromatic rings. The van der Waals surface area contributed by atoms with Gasteiger partial charge in [-0.1, -0.05) is 98.0 Å². The smallest absolute Gasteiger partial charge is 0.169 e. The van der Waals surface area contributed by atoms with E-state index in [4.69, 9.17) is 0 Å². The number of benzene rings is 4. The average molecular weight is 477 g/mol. The van der Waals surface area contributed by atoms with E-state index in [0.29, 0.717) is 12.0 Å². The predicted octanol–water partition coefficient (Wildman–Crippen LogP) is 7.40. The first kappa shape index (κ1) is 23.3. The van der Waals surface area contributed by atoms with Gasteiger partial charge in [-0.25, -0.2) is 0 Å². The number of phenols is 4. The average Bonchev–Trinajstić information content (AvgIpc) is 3.18. The summed E-state index contributed by atoms with van der Waals surface area (Å²) in [5.41, 5.74) is 5.52. The van der Waals surface area contributed by atoms with Crippen molar-refractivity contribution in [2.24, 2.45) is 0 Å². The molecule has 5 rings (SSSR count). The molecule has 0 spiro atoms. The van der Waals surface area contributed by atoms with Gasteiger partial charge < -0.3 is 20.4 Å². The van der Waals surface area contributed by atoms with E-state index in [-0.39, 0.29) is 5.56 Å². The molecular formula is C32H28O4. The van der Waals surface area contributed by atoms with Crippen molar-refractivity contribution >= 4 is 0 Å². The van der Waals surface area contributed by atoms with Crippen molar-refractivity contribution in [2.45, 2.75) is 25.2 Å². The van der Waals surface area contributed by atoms with Gasteiger partial charge in [0.2, 0.25) is 0 Å². The van der Waals surface area contributed by atoms with E-state index in [9.17, 15) is 20.4 Å². The van der Waals surface area contributed by atoms with Crippen LogP contribution >= 0.6 is 0 Å².